The Hall–Kier alpha value is -3.28. The number of carbonyl (C=O) groups is 2. The minimum atomic E-state index is -4.93. The zero-order valence-corrected chi connectivity index (χ0v) is 17.6. The Kier molecular flexibility index (Phi) is 5.95. The molecule has 1 aliphatic rings. The summed E-state index contributed by atoms with van der Waals surface area (Å²) in [5.74, 6) is -8.43. The van der Waals surface area contributed by atoms with Crippen LogP contribution in [0.25, 0.3) is 0 Å². The van der Waals surface area contributed by atoms with Crippen LogP contribution >= 0.6 is 0 Å². The van der Waals surface area contributed by atoms with Gasteiger partial charge >= 0.3 is 6.18 Å². The van der Waals surface area contributed by atoms with E-state index in [0.29, 0.717) is 6.07 Å². The van der Waals surface area contributed by atoms with Crippen molar-refractivity contribution in [1.82, 2.24) is 4.98 Å². The second kappa shape index (κ2) is 8.58. The average Bonchev–Trinajstić information content (AvgIpc) is 3.03. The largest absolute Gasteiger partial charge is 0.493 e. The van der Waals surface area contributed by atoms with Crippen molar-refractivity contribution < 1.29 is 42.4 Å². The minimum absolute atomic E-state index is 0.208. The number of nitrogens with zero attached hydrogens (tertiary/aromatic N) is 1. The van der Waals surface area contributed by atoms with Crippen molar-refractivity contribution in [2.75, 3.05) is 12.4 Å². The van der Waals surface area contributed by atoms with Gasteiger partial charge < -0.3 is 20.5 Å². The summed E-state index contributed by atoms with van der Waals surface area (Å²) < 4.78 is 88.2. The highest BCUT2D eigenvalue weighted by atomic mass is 19.4. The predicted molar refractivity (Wildman–Crippen MR) is 106 cm³/mol. The molecule has 1 aliphatic heterocycles. The van der Waals surface area contributed by atoms with E-state index in [4.69, 9.17) is 16.6 Å². The van der Waals surface area contributed by atoms with Crippen molar-refractivity contribution in [1.29, 1.82) is 0 Å². The molecule has 0 bridgehead atoms. The van der Waals surface area contributed by atoms with Crippen molar-refractivity contribution >= 4 is 17.5 Å². The third-order valence-corrected chi connectivity index (χ3v) is 5.76. The first-order valence-corrected chi connectivity index (χ1v) is 9.57. The van der Waals surface area contributed by atoms with E-state index in [2.05, 4.69) is 10.3 Å². The van der Waals surface area contributed by atoms with Gasteiger partial charge in [-0.05, 0) is 25.1 Å². The van der Waals surface area contributed by atoms with Crippen molar-refractivity contribution in [3.8, 4) is 5.75 Å². The molecule has 0 saturated carbocycles. The van der Waals surface area contributed by atoms with Gasteiger partial charge in [-0.3, -0.25) is 14.6 Å². The molecule has 0 radical (unpaired) electrons. The molecule has 3 N–H and O–H groups in total. The molecular weight excluding hydrogens is 453 g/mol. The number of nitrogens with two attached hydrogens (primary N) is 1. The molecule has 33 heavy (non-hydrogen) atoms. The maximum absolute atomic E-state index is 14.4. The quantitative estimate of drug-likeness (QED) is 0.646. The molecule has 2 amide bonds. The van der Waals surface area contributed by atoms with Gasteiger partial charge in [-0.25, -0.2) is 4.39 Å². The van der Waals surface area contributed by atoms with Crippen molar-refractivity contribution in [3.63, 3.8) is 0 Å². The molecule has 3 rings (SSSR count). The van der Waals surface area contributed by atoms with Crippen LogP contribution in [0.15, 0.2) is 30.4 Å². The number of benzene rings is 1. The van der Waals surface area contributed by atoms with Gasteiger partial charge in [0.2, 0.25) is 5.82 Å². The van der Waals surface area contributed by atoms with Gasteiger partial charge in [-0.1, -0.05) is 13.0 Å². The Morgan fingerprint density at radius 3 is 2.55 bits per heavy atom. The number of primary amides is 1. The van der Waals surface area contributed by atoms with Crippen LogP contribution in [0, 0.1) is 17.6 Å². The molecule has 178 valence electrons. The number of hydrogen-bond donors (Lipinski definition) is 2. The van der Waals surface area contributed by atoms with Gasteiger partial charge in [0.05, 0.1) is 8.48 Å². The molecule has 2 aromatic rings. The molecular formula is C21H20F5N3O4. The highest BCUT2D eigenvalue weighted by Crippen LogP contribution is 2.55. The normalized spacial score (nSPS) is 25.5. The summed E-state index contributed by atoms with van der Waals surface area (Å²) in [5.41, 5.74) is 1.35. The highest BCUT2D eigenvalue weighted by molar-refractivity contribution is 5.97. The molecule has 7 nitrogen and oxygen atoms in total. The van der Waals surface area contributed by atoms with Crippen LogP contribution in [0.2, 0.25) is 0 Å². The van der Waals surface area contributed by atoms with Crippen LogP contribution in [-0.4, -0.2) is 41.8 Å². The Bertz CT molecular complexity index is 1150. The smallest absolute Gasteiger partial charge is 0.417 e. The monoisotopic (exact) mass is 474 g/mol. The second-order valence-electron chi connectivity index (χ2n) is 7.63. The summed E-state index contributed by atoms with van der Waals surface area (Å²) >= 11 is 0. The van der Waals surface area contributed by atoms with E-state index >= 15 is 0 Å². The first-order valence-electron chi connectivity index (χ1n) is 10.1. The third-order valence-electron chi connectivity index (χ3n) is 5.76. The lowest BCUT2D eigenvalue weighted by atomic mass is 9.77. The Morgan fingerprint density at radius 2 is 1.97 bits per heavy atom. The summed E-state index contributed by atoms with van der Waals surface area (Å²) in [7, 11) is 1.01. The minimum Gasteiger partial charge on any atom is -0.493 e. The van der Waals surface area contributed by atoms with E-state index in [1.54, 1.807) is 0 Å². The number of pyridine rings is 1. The third kappa shape index (κ3) is 4.22. The van der Waals surface area contributed by atoms with Gasteiger partial charge in [-0.2, -0.15) is 17.6 Å². The van der Waals surface area contributed by atoms with E-state index in [-0.39, 0.29) is 11.3 Å². The summed E-state index contributed by atoms with van der Waals surface area (Å²) in [6.45, 7) is 1.91. The second-order valence-corrected chi connectivity index (χ2v) is 7.63. The first kappa shape index (κ1) is 22.9. The zero-order chi connectivity index (χ0) is 25.6. The fourth-order valence-corrected chi connectivity index (χ4v) is 3.83. The Balaban J connectivity index is 2.11. The van der Waals surface area contributed by atoms with E-state index < -0.39 is 70.7 Å². The molecule has 0 aliphatic carbocycles. The standard InChI is InChI=1S/C21H20F5N3O4/c1-9-14(11-4-5-12(22)15(23)16(11)32-3)17(33-20(9,2)21(24,25)26)19(31)29-10-6-7-28-13(8-10)18(27)30/h4-9,14,17H,1-3H3,(H2,27,30)(H,28,29,31)/t9-,14+,17+,20-/m0/s1/i8D. The number of amides is 2. The van der Waals surface area contributed by atoms with Gasteiger partial charge in [-0.15, -0.1) is 0 Å². The van der Waals surface area contributed by atoms with Crippen molar-refractivity contribution in [2.24, 2.45) is 11.7 Å². The summed E-state index contributed by atoms with van der Waals surface area (Å²) in [6.07, 6.45) is -5.71. The van der Waals surface area contributed by atoms with Crippen LogP contribution in [0.1, 0.15) is 37.2 Å². The number of halogens is 5. The zero-order valence-electron chi connectivity index (χ0n) is 18.6. The fourth-order valence-electron chi connectivity index (χ4n) is 3.83. The SMILES string of the molecule is [2H]c1c(NC(=O)[C@@H]2O[C@](C)(C(F)(F)F)[C@@H](C)[C@@H]2c2ccc(F)c(F)c2OC)ccnc1C(N)=O. The number of anilines is 1. The van der Waals surface area contributed by atoms with Crippen LogP contribution in [-0.2, 0) is 9.53 Å². The van der Waals surface area contributed by atoms with E-state index in [0.717, 1.165) is 32.4 Å². The number of ether oxygens (including phenoxy) is 2. The predicted octanol–water partition coefficient (Wildman–Crippen LogP) is 3.55. The number of methoxy groups -OCH3 is 1. The maximum atomic E-state index is 14.4. The van der Waals surface area contributed by atoms with Gasteiger partial charge in [0, 0.05) is 29.3 Å². The number of alkyl halides is 3. The Labute approximate surface area is 186 Å². The van der Waals surface area contributed by atoms with E-state index in [1.165, 1.54) is 6.92 Å². The highest BCUT2D eigenvalue weighted by Gasteiger charge is 2.65. The van der Waals surface area contributed by atoms with Gasteiger partial charge in [0.15, 0.2) is 17.2 Å². The summed E-state index contributed by atoms with van der Waals surface area (Å²) in [5, 5.41) is 2.25. The number of carbonyl (C=O) groups excluding carboxylic acids is 2. The molecule has 12 heteroatoms. The molecule has 1 aromatic carbocycles. The molecule has 1 fully saturated rings. The lowest BCUT2D eigenvalue weighted by Gasteiger charge is -2.32. The van der Waals surface area contributed by atoms with Gasteiger partial charge in [0.1, 0.15) is 11.8 Å². The molecule has 2 heterocycles. The van der Waals surface area contributed by atoms with Crippen LogP contribution in [0.5, 0.6) is 5.75 Å². The van der Waals surface area contributed by atoms with E-state index in [1.807, 2.05) is 0 Å². The molecule has 1 aromatic heterocycles. The van der Waals surface area contributed by atoms with Crippen LogP contribution in [0.4, 0.5) is 27.6 Å². The van der Waals surface area contributed by atoms with Crippen molar-refractivity contribution in [3.05, 3.63) is 53.3 Å². The molecule has 0 unspecified atom stereocenters. The number of nitrogens with one attached hydrogen (secondary N) is 1. The number of rotatable bonds is 5. The van der Waals surface area contributed by atoms with Crippen LogP contribution in [0.3, 0.4) is 0 Å². The molecule has 0 spiro atoms. The fraction of sp³-hybridized carbons (Fsp3) is 0.381. The first-order chi connectivity index (χ1) is 15.7. The molecule has 4 atom stereocenters. The number of hydrogen-bond acceptors (Lipinski definition) is 5. The van der Waals surface area contributed by atoms with Crippen molar-refractivity contribution in [2.45, 2.75) is 37.6 Å². The average molecular weight is 474 g/mol. The lowest BCUT2D eigenvalue weighted by Crippen LogP contribution is -2.47. The topological polar surface area (TPSA) is 104 Å². The van der Waals surface area contributed by atoms with Crippen LogP contribution < -0.4 is 15.8 Å². The molecule has 1 saturated heterocycles. The lowest BCUT2D eigenvalue weighted by molar-refractivity contribution is -0.272. The number of aromatic nitrogens is 1. The summed E-state index contributed by atoms with van der Waals surface area (Å²) in [6, 6.07) is 2.32. The Morgan fingerprint density at radius 1 is 1.30 bits per heavy atom. The van der Waals surface area contributed by atoms with Gasteiger partial charge in [0.25, 0.3) is 11.8 Å². The van der Waals surface area contributed by atoms with E-state index in [9.17, 15) is 31.5 Å². The summed E-state index contributed by atoms with van der Waals surface area (Å²) in [4.78, 5) is 28.2. The maximum Gasteiger partial charge on any atom is 0.417 e.